The molecule has 0 aliphatic rings. The number of ether oxygens (including phenoxy) is 1. The minimum absolute atomic E-state index is 0.00500. The van der Waals surface area contributed by atoms with Crippen LogP contribution in [0, 0.1) is 5.82 Å². The Labute approximate surface area is 296 Å². The molecule has 0 unspecified atom stereocenters. The van der Waals surface area contributed by atoms with E-state index in [2.05, 4.69) is 15.7 Å². The number of aliphatic hydroxyl groups is 1. The summed E-state index contributed by atoms with van der Waals surface area (Å²) < 4.78 is 46.5. The molecule has 0 spiro atoms. The van der Waals surface area contributed by atoms with Crippen LogP contribution in [0.3, 0.4) is 0 Å². The predicted molar refractivity (Wildman–Crippen MR) is 194 cm³/mol. The summed E-state index contributed by atoms with van der Waals surface area (Å²) in [4.78, 5) is 27.4. The minimum atomic E-state index is -3.77. The number of nitrogens with one attached hydrogen (secondary N) is 2. The molecule has 0 aliphatic heterocycles. The van der Waals surface area contributed by atoms with Gasteiger partial charge in [0, 0.05) is 35.5 Å². The van der Waals surface area contributed by atoms with E-state index in [1.807, 2.05) is 54.6 Å². The normalized spacial score (nSPS) is 13.1. The van der Waals surface area contributed by atoms with Crippen LogP contribution in [0.1, 0.15) is 44.8 Å². The van der Waals surface area contributed by atoms with Crippen molar-refractivity contribution in [3.05, 3.63) is 138 Å². The lowest BCUT2D eigenvalue weighted by Crippen LogP contribution is -2.46. The smallest absolute Gasteiger partial charge is 0.251 e. The van der Waals surface area contributed by atoms with Crippen molar-refractivity contribution < 1.29 is 32.2 Å². The number of sulfonamides is 1. The van der Waals surface area contributed by atoms with Gasteiger partial charge in [-0.05, 0) is 60.9 Å². The first-order chi connectivity index (χ1) is 24.3. The number of carbonyl (C=O) groups excluding carboxylic acids is 2. The van der Waals surface area contributed by atoms with Gasteiger partial charge < -0.3 is 20.5 Å². The van der Waals surface area contributed by atoms with E-state index in [4.69, 9.17) is 4.74 Å². The lowest BCUT2D eigenvalue weighted by atomic mass is 10.00. The molecule has 11 nitrogen and oxygen atoms in total. The summed E-state index contributed by atoms with van der Waals surface area (Å²) in [7, 11) is -0.863. The lowest BCUT2D eigenvalue weighted by Gasteiger charge is -2.25. The molecule has 0 bridgehead atoms. The van der Waals surface area contributed by atoms with Gasteiger partial charge in [0.1, 0.15) is 11.6 Å². The maximum Gasteiger partial charge on any atom is 0.251 e. The highest BCUT2D eigenvalue weighted by atomic mass is 32.2. The van der Waals surface area contributed by atoms with Gasteiger partial charge in [0.2, 0.25) is 10.0 Å². The molecule has 4 aromatic carbocycles. The molecule has 51 heavy (non-hydrogen) atoms. The second-order valence-corrected chi connectivity index (χ2v) is 14.2. The van der Waals surface area contributed by atoms with Gasteiger partial charge >= 0.3 is 0 Å². The number of methoxy groups -OCH3 is 1. The van der Waals surface area contributed by atoms with Crippen LogP contribution in [0.5, 0.6) is 5.75 Å². The molecule has 13 heteroatoms. The Morgan fingerprint density at radius 3 is 2.22 bits per heavy atom. The SMILES string of the molecule is COc1ccccc1-c1cnn(C[C@H](O)[C@H](Cc2ccccc2)NC(=O)c2cc(C(=O)N[C@H](C)c3ccc(F)cc3)cc(N(C)S(C)(=O)=O)c2)c1. The van der Waals surface area contributed by atoms with Crippen LogP contribution in [0.15, 0.2) is 109 Å². The molecule has 0 saturated heterocycles. The number of anilines is 1. The van der Waals surface area contributed by atoms with E-state index in [-0.39, 0.29) is 29.8 Å². The number of hydrogen-bond donors (Lipinski definition) is 3. The highest BCUT2D eigenvalue weighted by Gasteiger charge is 2.26. The molecule has 266 valence electrons. The number of para-hydroxylation sites is 1. The van der Waals surface area contributed by atoms with Crippen LogP contribution >= 0.6 is 0 Å². The summed E-state index contributed by atoms with van der Waals surface area (Å²) in [5.41, 5.74) is 3.25. The molecule has 0 fully saturated rings. The van der Waals surface area contributed by atoms with Gasteiger partial charge in [-0.2, -0.15) is 5.10 Å². The second-order valence-electron chi connectivity index (χ2n) is 12.2. The van der Waals surface area contributed by atoms with Crippen LogP contribution in [-0.4, -0.2) is 67.7 Å². The van der Waals surface area contributed by atoms with Crippen LogP contribution in [0.4, 0.5) is 10.1 Å². The number of carbonyl (C=O) groups is 2. The zero-order valence-electron chi connectivity index (χ0n) is 28.7. The third kappa shape index (κ3) is 9.38. The zero-order valence-corrected chi connectivity index (χ0v) is 29.5. The first-order valence-corrected chi connectivity index (χ1v) is 18.0. The van der Waals surface area contributed by atoms with Crippen molar-refractivity contribution in [2.75, 3.05) is 24.7 Å². The number of aliphatic hydroxyl groups excluding tert-OH is 1. The maximum absolute atomic E-state index is 13.9. The number of benzene rings is 4. The van der Waals surface area contributed by atoms with Crippen LogP contribution in [0.2, 0.25) is 0 Å². The fourth-order valence-corrected chi connectivity index (χ4v) is 6.06. The van der Waals surface area contributed by atoms with E-state index in [1.54, 1.807) is 43.2 Å². The fourth-order valence-electron chi connectivity index (χ4n) is 5.57. The standard InChI is InChI=1S/C38H40FN5O6S/c1-25(27-14-16-31(39)17-15-27)41-37(46)28-19-29(21-32(20-28)43(2)51(4,48)49)38(47)42-34(18-26-10-6-5-7-11-26)35(45)24-44-23-30(22-40-44)33-12-8-9-13-36(33)50-3/h5-17,19-23,25,34-35,45H,18,24H2,1-4H3,(H,41,46)(H,42,47)/t25-,34+,35+/m1/s1. The first-order valence-electron chi connectivity index (χ1n) is 16.2. The van der Waals surface area contributed by atoms with E-state index in [9.17, 15) is 27.5 Å². The van der Waals surface area contributed by atoms with Crippen LogP contribution < -0.4 is 19.7 Å². The van der Waals surface area contributed by atoms with E-state index in [1.165, 1.54) is 37.4 Å². The monoisotopic (exact) mass is 713 g/mol. The molecule has 2 amide bonds. The minimum Gasteiger partial charge on any atom is -0.496 e. The van der Waals surface area contributed by atoms with E-state index >= 15 is 0 Å². The van der Waals surface area contributed by atoms with E-state index in [0.717, 1.165) is 27.3 Å². The van der Waals surface area contributed by atoms with Gasteiger partial charge in [-0.1, -0.05) is 60.7 Å². The maximum atomic E-state index is 13.9. The highest BCUT2D eigenvalue weighted by Crippen LogP contribution is 2.29. The van der Waals surface area contributed by atoms with Crippen molar-refractivity contribution in [1.29, 1.82) is 0 Å². The molecular weight excluding hydrogens is 674 g/mol. The Hall–Kier alpha value is -5.53. The Balaban J connectivity index is 1.42. The van der Waals surface area contributed by atoms with Crippen LogP contribution in [0.25, 0.3) is 11.1 Å². The molecule has 0 saturated carbocycles. The quantitative estimate of drug-likeness (QED) is 0.147. The van der Waals surface area contributed by atoms with Crippen LogP contribution in [-0.2, 0) is 23.0 Å². The van der Waals surface area contributed by atoms with Crippen molar-refractivity contribution >= 4 is 27.5 Å². The fraction of sp³-hybridized carbons (Fsp3) is 0.237. The molecule has 3 N–H and O–H groups in total. The Kier molecular flexibility index (Phi) is 11.5. The van der Waals surface area contributed by atoms with Gasteiger partial charge in [-0.3, -0.25) is 18.6 Å². The highest BCUT2D eigenvalue weighted by molar-refractivity contribution is 7.92. The number of halogens is 1. The first kappa shape index (κ1) is 36.7. The Bertz CT molecular complexity index is 2090. The number of hydrogen-bond acceptors (Lipinski definition) is 7. The van der Waals surface area contributed by atoms with Gasteiger partial charge in [0.05, 0.1) is 50.0 Å². The molecule has 3 atom stereocenters. The van der Waals surface area contributed by atoms with Gasteiger partial charge in [0.25, 0.3) is 11.8 Å². The molecule has 0 aliphatic carbocycles. The Morgan fingerprint density at radius 1 is 0.941 bits per heavy atom. The summed E-state index contributed by atoms with van der Waals surface area (Å²) >= 11 is 0. The van der Waals surface area contributed by atoms with E-state index in [0.29, 0.717) is 11.3 Å². The molecule has 0 radical (unpaired) electrons. The predicted octanol–water partition coefficient (Wildman–Crippen LogP) is 4.99. The lowest BCUT2D eigenvalue weighted by molar-refractivity contribution is 0.0780. The van der Waals surface area contributed by atoms with Crippen molar-refractivity contribution in [3.8, 4) is 16.9 Å². The van der Waals surface area contributed by atoms with E-state index < -0.39 is 45.8 Å². The number of nitrogens with zero attached hydrogens (tertiary/aromatic N) is 3. The molecule has 1 aromatic heterocycles. The van der Waals surface area contributed by atoms with Gasteiger partial charge in [-0.25, -0.2) is 12.8 Å². The summed E-state index contributed by atoms with van der Waals surface area (Å²) in [6, 6.07) is 25.3. The number of aromatic nitrogens is 2. The second kappa shape index (κ2) is 16.0. The van der Waals surface area contributed by atoms with Crippen molar-refractivity contribution in [2.45, 2.75) is 38.1 Å². The topological polar surface area (TPSA) is 143 Å². The van der Waals surface area contributed by atoms with Crippen molar-refractivity contribution in [2.24, 2.45) is 0 Å². The van der Waals surface area contributed by atoms with Crippen molar-refractivity contribution in [1.82, 2.24) is 20.4 Å². The third-order valence-electron chi connectivity index (χ3n) is 8.53. The molecule has 5 rings (SSSR count). The summed E-state index contributed by atoms with van der Waals surface area (Å²) in [6.07, 6.45) is 3.62. The summed E-state index contributed by atoms with van der Waals surface area (Å²) in [5, 5.41) is 21.7. The average molecular weight is 714 g/mol. The largest absolute Gasteiger partial charge is 0.496 e. The van der Waals surface area contributed by atoms with Gasteiger partial charge in [-0.15, -0.1) is 0 Å². The number of rotatable bonds is 14. The summed E-state index contributed by atoms with van der Waals surface area (Å²) in [5.74, 6) is -0.944. The average Bonchev–Trinajstić information content (AvgIpc) is 3.59. The number of amides is 2. The van der Waals surface area contributed by atoms with Gasteiger partial charge in [0.15, 0.2) is 0 Å². The molecular formula is C38H40FN5O6S. The third-order valence-corrected chi connectivity index (χ3v) is 9.73. The molecule has 1 heterocycles. The zero-order chi connectivity index (χ0) is 36.7. The molecule has 5 aromatic rings. The summed E-state index contributed by atoms with van der Waals surface area (Å²) in [6.45, 7) is 1.76. The Morgan fingerprint density at radius 2 is 1.57 bits per heavy atom. The van der Waals surface area contributed by atoms with Crippen molar-refractivity contribution in [3.63, 3.8) is 0 Å².